The first-order valence-electron chi connectivity index (χ1n) is 6.30. The lowest BCUT2D eigenvalue weighted by Gasteiger charge is -2.08. The third-order valence-corrected chi connectivity index (χ3v) is 3.49. The average molecular weight is 296 g/mol. The van der Waals surface area contributed by atoms with Gasteiger partial charge in [-0.1, -0.05) is 29.8 Å². The molecular formula is C16H10ClN3O. The molecule has 0 spiro atoms. The molecule has 0 saturated carbocycles. The molecule has 21 heavy (non-hydrogen) atoms. The van der Waals surface area contributed by atoms with Gasteiger partial charge in [-0.2, -0.15) is 5.26 Å². The summed E-state index contributed by atoms with van der Waals surface area (Å²) >= 11 is 5.99. The summed E-state index contributed by atoms with van der Waals surface area (Å²) in [7, 11) is 0. The highest BCUT2D eigenvalue weighted by Crippen LogP contribution is 2.23. The molecule has 0 unspecified atom stereocenters. The number of hydrogen-bond acceptors (Lipinski definition) is 3. The van der Waals surface area contributed by atoms with Crippen LogP contribution < -0.4 is 5.56 Å². The van der Waals surface area contributed by atoms with Gasteiger partial charge in [-0.25, -0.2) is 4.98 Å². The molecule has 0 amide bonds. The number of aromatic nitrogens is 2. The van der Waals surface area contributed by atoms with E-state index in [9.17, 15) is 10.1 Å². The fourth-order valence-corrected chi connectivity index (χ4v) is 2.43. The van der Waals surface area contributed by atoms with E-state index in [4.69, 9.17) is 11.6 Å². The molecule has 0 radical (unpaired) electrons. The highest BCUT2D eigenvalue weighted by Gasteiger charge is 2.15. The zero-order valence-corrected chi connectivity index (χ0v) is 11.9. The number of nitrogens with zero attached hydrogens (tertiary/aromatic N) is 3. The number of hydrogen-bond donors (Lipinski definition) is 0. The molecule has 2 aromatic heterocycles. The third kappa shape index (κ3) is 2.18. The summed E-state index contributed by atoms with van der Waals surface area (Å²) in [6, 6.07) is 12.6. The minimum atomic E-state index is -0.374. The van der Waals surface area contributed by atoms with E-state index in [1.807, 2.05) is 19.1 Å². The van der Waals surface area contributed by atoms with Crippen LogP contribution in [0, 0.1) is 18.3 Å². The Kier molecular flexibility index (Phi) is 3.20. The molecule has 0 aliphatic carbocycles. The van der Waals surface area contributed by atoms with Crippen molar-refractivity contribution in [1.29, 1.82) is 5.26 Å². The van der Waals surface area contributed by atoms with Crippen molar-refractivity contribution in [2.45, 2.75) is 6.92 Å². The molecule has 0 aliphatic rings. The Bertz CT molecular complexity index is 954. The van der Waals surface area contributed by atoms with Crippen molar-refractivity contribution < 1.29 is 0 Å². The molecule has 3 aromatic rings. The fourth-order valence-electron chi connectivity index (χ4n) is 2.24. The molecule has 1 aromatic carbocycles. The minimum Gasteiger partial charge on any atom is -0.267 e. The van der Waals surface area contributed by atoms with Crippen LogP contribution in [0.25, 0.3) is 16.9 Å². The van der Waals surface area contributed by atoms with Crippen molar-refractivity contribution in [2.75, 3.05) is 0 Å². The summed E-state index contributed by atoms with van der Waals surface area (Å²) in [6.45, 7) is 1.87. The Morgan fingerprint density at radius 2 is 2.10 bits per heavy atom. The number of halogens is 1. The third-order valence-electron chi connectivity index (χ3n) is 3.26. The predicted octanol–water partition coefficient (Wildman–Crippen LogP) is 3.20. The standard InChI is InChI=1S/C16H10ClN3O/c1-10-4-3-7-20-15(10)19-14(13(9-18)16(20)21)11-5-2-6-12(17)8-11/h2-8H,1H3. The fraction of sp³-hybridized carbons (Fsp3) is 0.0625. The predicted molar refractivity (Wildman–Crippen MR) is 81.4 cm³/mol. The highest BCUT2D eigenvalue weighted by atomic mass is 35.5. The number of pyridine rings is 1. The SMILES string of the molecule is Cc1cccn2c(=O)c(C#N)c(-c3cccc(Cl)c3)nc12. The molecule has 0 aliphatic heterocycles. The van der Waals surface area contributed by atoms with Gasteiger partial charge < -0.3 is 0 Å². The lowest BCUT2D eigenvalue weighted by atomic mass is 10.1. The second-order valence-electron chi connectivity index (χ2n) is 4.65. The lowest BCUT2D eigenvalue weighted by Crippen LogP contribution is -2.20. The van der Waals surface area contributed by atoms with Crippen LogP contribution in [-0.4, -0.2) is 9.38 Å². The number of benzene rings is 1. The molecule has 4 nitrogen and oxygen atoms in total. The van der Waals surface area contributed by atoms with Crippen LogP contribution in [0.1, 0.15) is 11.1 Å². The second kappa shape index (κ2) is 5.04. The summed E-state index contributed by atoms with van der Waals surface area (Å²) in [5, 5.41) is 9.85. The first-order chi connectivity index (χ1) is 10.1. The van der Waals surface area contributed by atoms with E-state index < -0.39 is 0 Å². The summed E-state index contributed by atoms with van der Waals surface area (Å²) in [5.74, 6) is 0. The largest absolute Gasteiger partial charge is 0.276 e. The van der Waals surface area contributed by atoms with Crippen molar-refractivity contribution in [3.05, 3.63) is 69.1 Å². The quantitative estimate of drug-likeness (QED) is 0.693. The smallest absolute Gasteiger partial charge is 0.267 e. The molecular weight excluding hydrogens is 286 g/mol. The van der Waals surface area contributed by atoms with Crippen LogP contribution in [0.4, 0.5) is 0 Å². The van der Waals surface area contributed by atoms with Crippen LogP contribution in [0.15, 0.2) is 47.4 Å². The van der Waals surface area contributed by atoms with Crippen molar-refractivity contribution >= 4 is 17.2 Å². The van der Waals surface area contributed by atoms with E-state index >= 15 is 0 Å². The van der Waals surface area contributed by atoms with Gasteiger partial charge in [-0.05, 0) is 30.7 Å². The van der Waals surface area contributed by atoms with Crippen molar-refractivity contribution in [1.82, 2.24) is 9.38 Å². The van der Waals surface area contributed by atoms with Gasteiger partial charge in [0.25, 0.3) is 5.56 Å². The molecule has 0 bridgehead atoms. The van der Waals surface area contributed by atoms with Crippen molar-refractivity contribution in [3.63, 3.8) is 0 Å². The first-order valence-corrected chi connectivity index (χ1v) is 6.67. The van der Waals surface area contributed by atoms with E-state index in [0.29, 0.717) is 21.9 Å². The summed E-state index contributed by atoms with van der Waals surface area (Å²) < 4.78 is 1.39. The monoisotopic (exact) mass is 295 g/mol. The van der Waals surface area contributed by atoms with Crippen LogP contribution in [0.5, 0.6) is 0 Å². The lowest BCUT2D eigenvalue weighted by molar-refractivity contribution is 1.02. The van der Waals surface area contributed by atoms with E-state index in [1.54, 1.807) is 36.5 Å². The van der Waals surface area contributed by atoms with Gasteiger partial charge >= 0.3 is 0 Å². The van der Waals surface area contributed by atoms with E-state index in [2.05, 4.69) is 4.98 Å². The van der Waals surface area contributed by atoms with Gasteiger partial charge in [0.05, 0.1) is 5.69 Å². The molecule has 0 N–H and O–H groups in total. The van der Waals surface area contributed by atoms with Crippen LogP contribution in [0.3, 0.4) is 0 Å². The molecule has 0 saturated heterocycles. The zero-order chi connectivity index (χ0) is 15.0. The maximum Gasteiger partial charge on any atom is 0.276 e. The van der Waals surface area contributed by atoms with Crippen LogP contribution in [0.2, 0.25) is 5.02 Å². The van der Waals surface area contributed by atoms with E-state index in [1.165, 1.54) is 4.40 Å². The normalized spacial score (nSPS) is 10.5. The summed E-state index contributed by atoms with van der Waals surface area (Å²) in [5.41, 5.74) is 2.06. The number of fused-ring (bicyclic) bond motifs is 1. The Balaban J connectivity index is 2.46. The van der Waals surface area contributed by atoms with Crippen molar-refractivity contribution in [2.24, 2.45) is 0 Å². The van der Waals surface area contributed by atoms with E-state index in [-0.39, 0.29) is 11.1 Å². The van der Waals surface area contributed by atoms with E-state index in [0.717, 1.165) is 5.56 Å². The molecule has 0 atom stereocenters. The van der Waals surface area contributed by atoms with Gasteiger partial charge in [-0.15, -0.1) is 0 Å². The molecule has 2 heterocycles. The number of rotatable bonds is 1. The number of aryl methyl sites for hydroxylation is 1. The van der Waals surface area contributed by atoms with Crippen LogP contribution >= 0.6 is 11.6 Å². The Hall–Kier alpha value is -2.64. The van der Waals surface area contributed by atoms with Gasteiger partial charge in [0.15, 0.2) is 0 Å². The van der Waals surface area contributed by atoms with Gasteiger partial charge in [-0.3, -0.25) is 9.20 Å². The molecule has 5 heteroatoms. The molecule has 3 rings (SSSR count). The Morgan fingerprint density at radius 3 is 2.81 bits per heavy atom. The van der Waals surface area contributed by atoms with Gasteiger partial charge in [0.1, 0.15) is 17.3 Å². The van der Waals surface area contributed by atoms with Crippen molar-refractivity contribution in [3.8, 4) is 17.3 Å². The first kappa shape index (κ1) is 13.3. The summed E-state index contributed by atoms with van der Waals surface area (Å²) in [6.07, 6.45) is 1.61. The zero-order valence-electron chi connectivity index (χ0n) is 11.2. The maximum atomic E-state index is 12.5. The van der Waals surface area contributed by atoms with Gasteiger partial charge in [0, 0.05) is 16.8 Å². The summed E-state index contributed by atoms with van der Waals surface area (Å²) in [4.78, 5) is 17.0. The Morgan fingerprint density at radius 1 is 1.29 bits per heavy atom. The molecule has 0 fully saturated rings. The average Bonchev–Trinajstić information content (AvgIpc) is 2.48. The maximum absolute atomic E-state index is 12.5. The topological polar surface area (TPSA) is 58.2 Å². The minimum absolute atomic E-state index is 0.0142. The van der Waals surface area contributed by atoms with Gasteiger partial charge in [0.2, 0.25) is 0 Å². The highest BCUT2D eigenvalue weighted by molar-refractivity contribution is 6.30. The second-order valence-corrected chi connectivity index (χ2v) is 5.08. The Labute approximate surface area is 125 Å². The molecule has 102 valence electrons. The number of nitriles is 1. The van der Waals surface area contributed by atoms with Crippen LogP contribution in [-0.2, 0) is 0 Å².